The first-order valence-electron chi connectivity index (χ1n) is 7.98. The van der Waals surface area contributed by atoms with Gasteiger partial charge in [0.2, 0.25) is 0 Å². The molecular weight excluding hydrogens is 265 g/mol. The third-order valence-electron chi connectivity index (χ3n) is 4.33. The van der Waals surface area contributed by atoms with E-state index in [-0.39, 0.29) is 5.82 Å². The molecule has 1 aromatic carbocycles. The van der Waals surface area contributed by atoms with Crippen LogP contribution in [-0.4, -0.2) is 43.7 Å². The highest BCUT2D eigenvalue weighted by molar-refractivity contribution is 5.54. The van der Waals surface area contributed by atoms with Gasteiger partial charge in [-0.3, -0.25) is 4.90 Å². The maximum atomic E-state index is 13.6. The maximum Gasteiger partial charge on any atom is 0.123 e. The van der Waals surface area contributed by atoms with E-state index in [0.717, 1.165) is 31.6 Å². The summed E-state index contributed by atoms with van der Waals surface area (Å²) in [5.74, 6) is -0.152. The Morgan fingerprint density at radius 2 is 2.10 bits per heavy atom. The lowest BCUT2D eigenvalue weighted by Crippen LogP contribution is -2.51. The summed E-state index contributed by atoms with van der Waals surface area (Å²) < 4.78 is 13.6. The molecular formula is C17H28FN3. The lowest BCUT2D eigenvalue weighted by molar-refractivity contribution is 0.213. The summed E-state index contributed by atoms with van der Waals surface area (Å²) in [7, 11) is 2.19. The van der Waals surface area contributed by atoms with Crippen molar-refractivity contribution in [2.45, 2.75) is 45.8 Å². The van der Waals surface area contributed by atoms with Crippen molar-refractivity contribution < 1.29 is 4.39 Å². The molecule has 0 saturated carbocycles. The Labute approximate surface area is 128 Å². The molecule has 21 heavy (non-hydrogen) atoms. The van der Waals surface area contributed by atoms with Crippen LogP contribution in [0.5, 0.6) is 0 Å². The zero-order chi connectivity index (χ0) is 15.4. The van der Waals surface area contributed by atoms with Crippen LogP contribution in [0, 0.1) is 5.82 Å². The number of nitrogens with one attached hydrogen (secondary N) is 1. The van der Waals surface area contributed by atoms with Crippen LogP contribution in [0.25, 0.3) is 0 Å². The second-order valence-corrected chi connectivity index (χ2v) is 6.30. The number of benzene rings is 1. The normalized spacial score (nSPS) is 20.3. The molecule has 1 aliphatic rings. The molecule has 1 fully saturated rings. The zero-order valence-corrected chi connectivity index (χ0v) is 13.7. The Morgan fingerprint density at radius 3 is 2.76 bits per heavy atom. The summed E-state index contributed by atoms with van der Waals surface area (Å²) in [5.41, 5.74) is 2.24. The van der Waals surface area contributed by atoms with E-state index < -0.39 is 0 Å². The van der Waals surface area contributed by atoms with E-state index in [9.17, 15) is 4.39 Å². The van der Waals surface area contributed by atoms with Crippen molar-refractivity contribution in [1.29, 1.82) is 0 Å². The van der Waals surface area contributed by atoms with Crippen LogP contribution in [0.15, 0.2) is 18.2 Å². The number of hydrogen-bond donors (Lipinski definition) is 1. The van der Waals surface area contributed by atoms with E-state index in [1.54, 1.807) is 12.1 Å². The lowest BCUT2D eigenvalue weighted by atomic mass is 10.1. The molecule has 0 aliphatic carbocycles. The number of halogens is 1. The largest absolute Gasteiger partial charge is 0.368 e. The van der Waals surface area contributed by atoms with E-state index in [0.29, 0.717) is 18.6 Å². The molecule has 1 aliphatic heterocycles. The van der Waals surface area contributed by atoms with Crippen LogP contribution in [-0.2, 0) is 6.54 Å². The van der Waals surface area contributed by atoms with E-state index in [4.69, 9.17) is 0 Å². The Hall–Kier alpha value is -1.13. The lowest BCUT2D eigenvalue weighted by Gasteiger charge is -2.41. The van der Waals surface area contributed by atoms with Gasteiger partial charge in [0, 0.05) is 44.0 Å². The number of anilines is 1. The molecule has 0 spiro atoms. The predicted octanol–water partition coefficient (Wildman–Crippen LogP) is 2.85. The van der Waals surface area contributed by atoms with Crippen LogP contribution in [0.1, 0.15) is 32.8 Å². The smallest absolute Gasteiger partial charge is 0.123 e. The molecule has 0 aromatic heterocycles. The molecule has 118 valence electrons. The summed E-state index contributed by atoms with van der Waals surface area (Å²) in [5, 5.41) is 3.40. The minimum atomic E-state index is -0.152. The monoisotopic (exact) mass is 293 g/mol. The third kappa shape index (κ3) is 4.17. The maximum absolute atomic E-state index is 13.6. The van der Waals surface area contributed by atoms with Gasteiger partial charge in [-0.25, -0.2) is 4.39 Å². The molecule has 4 heteroatoms. The van der Waals surface area contributed by atoms with E-state index in [1.165, 1.54) is 5.69 Å². The number of rotatable bonds is 5. The molecule has 1 N–H and O–H groups in total. The van der Waals surface area contributed by atoms with Gasteiger partial charge in [-0.1, -0.05) is 20.8 Å². The van der Waals surface area contributed by atoms with E-state index in [1.807, 2.05) is 6.07 Å². The highest BCUT2D eigenvalue weighted by Crippen LogP contribution is 2.25. The predicted molar refractivity (Wildman–Crippen MR) is 87.3 cm³/mol. The van der Waals surface area contributed by atoms with Crippen molar-refractivity contribution in [2.75, 3.05) is 31.6 Å². The van der Waals surface area contributed by atoms with Gasteiger partial charge in [-0.2, -0.15) is 0 Å². The average molecular weight is 293 g/mol. The van der Waals surface area contributed by atoms with Crippen molar-refractivity contribution in [2.24, 2.45) is 0 Å². The minimum Gasteiger partial charge on any atom is -0.368 e. The highest BCUT2D eigenvalue weighted by Gasteiger charge is 2.24. The van der Waals surface area contributed by atoms with Gasteiger partial charge in [0.05, 0.1) is 0 Å². The van der Waals surface area contributed by atoms with Crippen molar-refractivity contribution >= 4 is 5.69 Å². The standard InChI is InChI=1S/C17H28FN3/c1-5-16-12-21(9-8-20(16)4)17-7-6-15(18)10-14(17)11-19-13(2)3/h6-7,10,13,16,19H,5,8-9,11-12H2,1-4H3. The van der Waals surface area contributed by atoms with Crippen LogP contribution in [0.2, 0.25) is 0 Å². The van der Waals surface area contributed by atoms with Gasteiger partial charge in [0.25, 0.3) is 0 Å². The van der Waals surface area contributed by atoms with E-state index >= 15 is 0 Å². The number of likely N-dealkylation sites (N-methyl/N-ethyl adjacent to an activating group) is 1. The van der Waals surface area contributed by atoms with Gasteiger partial charge < -0.3 is 10.2 Å². The molecule has 1 saturated heterocycles. The SMILES string of the molecule is CCC1CN(c2ccc(F)cc2CNC(C)C)CCN1C. The van der Waals surface area contributed by atoms with Crippen LogP contribution < -0.4 is 10.2 Å². The van der Waals surface area contributed by atoms with Crippen molar-refractivity contribution in [1.82, 2.24) is 10.2 Å². The minimum absolute atomic E-state index is 0.152. The molecule has 0 amide bonds. The van der Waals surface area contributed by atoms with Gasteiger partial charge in [-0.05, 0) is 37.2 Å². The van der Waals surface area contributed by atoms with Crippen LogP contribution in [0.4, 0.5) is 10.1 Å². The summed E-state index contributed by atoms with van der Waals surface area (Å²) in [6, 6.07) is 6.16. The Morgan fingerprint density at radius 1 is 1.33 bits per heavy atom. The van der Waals surface area contributed by atoms with Crippen molar-refractivity contribution in [3.05, 3.63) is 29.6 Å². The summed E-state index contributed by atoms with van der Waals surface area (Å²) in [6.07, 6.45) is 1.15. The van der Waals surface area contributed by atoms with E-state index in [2.05, 4.69) is 42.9 Å². The Bertz CT molecular complexity index is 461. The van der Waals surface area contributed by atoms with Crippen LogP contribution >= 0.6 is 0 Å². The first kappa shape index (κ1) is 16.2. The summed E-state index contributed by atoms with van der Waals surface area (Å²) >= 11 is 0. The zero-order valence-electron chi connectivity index (χ0n) is 13.7. The van der Waals surface area contributed by atoms with Gasteiger partial charge in [0.1, 0.15) is 5.82 Å². The average Bonchev–Trinajstić information content (AvgIpc) is 2.46. The highest BCUT2D eigenvalue weighted by atomic mass is 19.1. The third-order valence-corrected chi connectivity index (χ3v) is 4.33. The molecule has 1 heterocycles. The van der Waals surface area contributed by atoms with Crippen molar-refractivity contribution in [3.63, 3.8) is 0 Å². The molecule has 0 radical (unpaired) electrons. The summed E-state index contributed by atoms with van der Waals surface area (Å²) in [4.78, 5) is 4.83. The first-order chi connectivity index (χ1) is 10.0. The summed E-state index contributed by atoms with van der Waals surface area (Å²) in [6.45, 7) is 10.3. The number of hydrogen-bond acceptors (Lipinski definition) is 3. The Balaban J connectivity index is 2.18. The topological polar surface area (TPSA) is 18.5 Å². The fourth-order valence-electron chi connectivity index (χ4n) is 2.92. The quantitative estimate of drug-likeness (QED) is 0.900. The van der Waals surface area contributed by atoms with Crippen LogP contribution in [0.3, 0.4) is 0 Å². The van der Waals surface area contributed by atoms with Crippen molar-refractivity contribution in [3.8, 4) is 0 Å². The second-order valence-electron chi connectivity index (χ2n) is 6.30. The fraction of sp³-hybridized carbons (Fsp3) is 0.647. The second kappa shape index (κ2) is 7.23. The number of piperazine rings is 1. The molecule has 1 aromatic rings. The molecule has 0 bridgehead atoms. The Kier molecular flexibility index (Phi) is 5.59. The number of nitrogens with zero attached hydrogens (tertiary/aromatic N) is 2. The van der Waals surface area contributed by atoms with Gasteiger partial charge in [0.15, 0.2) is 0 Å². The molecule has 3 nitrogen and oxygen atoms in total. The van der Waals surface area contributed by atoms with Gasteiger partial charge in [-0.15, -0.1) is 0 Å². The first-order valence-corrected chi connectivity index (χ1v) is 7.98. The van der Waals surface area contributed by atoms with Gasteiger partial charge >= 0.3 is 0 Å². The molecule has 2 rings (SSSR count). The molecule has 1 atom stereocenters. The molecule has 1 unspecified atom stereocenters. The fourth-order valence-corrected chi connectivity index (χ4v) is 2.92.